The third-order valence-corrected chi connectivity index (χ3v) is 9.50. The number of aromatic nitrogens is 2. The number of benzene rings is 7. The van der Waals surface area contributed by atoms with Gasteiger partial charge in [-0.15, -0.1) is 0 Å². The summed E-state index contributed by atoms with van der Waals surface area (Å²) in [6, 6.07) is 48.8. The highest BCUT2D eigenvalue weighted by atomic mass is 35.5. The Morgan fingerprint density at radius 2 is 1.22 bits per heavy atom. The van der Waals surface area contributed by atoms with Crippen molar-refractivity contribution in [3.63, 3.8) is 0 Å². The lowest BCUT2D eigenvalue weighted by Gasteiger charge is -2.11. The monoisotopic (exact) mass is 594 g/mol. The van der Waals surface area contributed by atoms with Gasteiger partial charge in [-0.05, 0) is 57.9 Å². The van der Waals surface area contributed by atoms with Crippen LogP contribution in [0.15, 0.2) is 144 Å². The summed E-state index contributed by atoms with van der Waals surface area (Å²) >= 11 is 6.75. The normalized spacial score (nSPS) is 12.1. The number of furan rings is 1. The van der Waals surface area contributed by atoms with E-state index in [4.69, 9.17) is 21.0 Å². The molecule has 3 aromatic heterocycles. The fourth-order valence-corrected chi connectivity index (χ4v) is 7.54. The first-order valence-corrected chi connectivity index (χ1v) is 15.5. The van der Waals surface area contributed by atoms with E-state index in [0.29, 0.717) is 5.02 Å². The minimum atomic E-state index is 0.640. The number of nitrogens with zero attached hydrogens (tertiary/aromatic N) is 2. The Bertz CT molecular complexity index is 2820. The molecule has 3 heterocycles. The molecular formula is C41H23ClN2O. The zero-order valence-corrected chi connectivity index (χ0v) is 24.7. The predicted octanol–water partition coefficient (Wildman–Crippen LogP) is 11.9. The van der Waals surface area contributed by atoms with Crippen molar-refractivity contribution in [2.75, 3.05) is 0 Å². The second-order valence-electron chi connectivity index (χ2n) is 11.6. The first-order chi connectivity index (χ1) is 22.2. The van der Waals surface area contributed by atoms with Crippen LogP contribution < -0.4 is 0 Å². The Hall–Kier alpha value is -5.64. The number of hydrogen-bond acceptors (Lipinski definition) is 2. The molecule has 3 nitrogen and oxygen atoms in total. The summed E-state index contributed by atoms with van der Waals surface area (Å²) in [4.78, 5) is 4.91. The molecule has 0 aliphatic rings. The summed E-state index contributed by atoms with van der Waals surface area (Å²) in [6.07, 6.45) is 0. The molecule has 45 heavy (non-hydrogen) atoms. The maximum Gasteiger partial charge on any atom is 0.160 e. The van der Waals surface area contributed by atoms with Crippen LogP contribution in [0, 0.1) is 0 Å². The van der Waals surface area contributed by atoms with Gasteiger partial charge in [0.1, 0.15) is 5.58 Å². The molecule has 0 bridgehead atoms. The third kappa shape index (κ3) is 3.44. The lowest BCUT2D eigenvalue weighted by Crippen LogP contribution is -1.95. The molecule has 0 atom stereocenters. The van der Waals surface area contributed by atoms with Crippen molar-refractivity contribution in [2.45, 2.75) is 0 Å². The summed E-state index contributed by atoms with van der Waals surface area (Å²) in [6.45, 7) is 0. The van der Waals surface area contributed by atoms with E-state index in [1.165, 1.54) is 32.3 Å². The van der Waals surface area contributed by atoms with E-state index >= 15 is 0 Å². The molecular weight excluding hydrogens is 572 g/mol. The van der Waals surface area contributed by atoms with Gasteiger partial charge in [-0.2, -0.15) is 0 Å². The van der Waals surface area contributed by atoms with Crippen LogP contribution in [-0.4, -0.2) is 9.55 Å². The molecule has 0 aliphatic carbocycles. The van der Waals surface area contributed by atoms with Crippen LogP contribution in [0.4, 0.5) is 0 Å². The van der Waals surface area contributed by atoms with Crippen LogP contribution in [0.2, 0.25) is 5.02 Å². The van der Waals surface area contributed by atoms with Crippen molar-refractivity contribution >= 4 is 87.8 Å². The second kappa shape index (κ2) is 9.18. The first kappa shape index (κ1) is 24.8. The highest BCUT2D eigenvalue weighted by molar-refractivity contribution is 6.37. The molecule has 0 N–H and O–H groups in total. The lowest BCUT2D eigenvalue weighted by atomic mass is 9.96. The fraction of sp³-hybridized carbons (Fsp3) is 0. The van der Waals surface area contributed by atoms with E-state index in [2.05, 4.69) is 114 Å². The van der Waals surface area contributed by atoms with E-state index in [0.717, 1.165) is 60.8 Å². The van der Waals surface area contributed by atoms with Crippen LogP contribution >= 0.6 is 11.6 Å². The standard InChI is InChI=1S/C41H23ClN2O/c42-32-23-26-10-2-7-15-33(26)43-39(32)25-17-20-27(21-18-25)44-34-16-8-6-14-31(34)36-29-12-4-5-13-30(29)38-37-28-11-3-1-9-24(28)19-22-35(37)45-41(38)40(36)44/h1-23H. The summed E-state index contributed by atoms with van der Waals surface area (Å²) in [5, 5.41) is 11.2. The van der Waals surface area contributed by atoms with Gasteiger partial charge in [-0.1, -0.05) is 115 Å². The summed E-state index contributed by atoms with van der Waals surface area (Å²) in [5.41, 5.74) is 7.71. The van der Waals surface area contributed by atoms with Gasteiger partial charge in [-0.25, -0.2) is 4.98 Å². The Labute approximate surface area is 262 Å². The molecule has 0 saturated heterocycles. The Morgan fingerprint density at radius 1 is 0.556 bits per heavy atom. The summed E-state index contributed by atoms with van der Waals surface area (Å²) < 4.78 is 9.23. The number of rotatable bonds is 2. The SMILES string of the molecule is Clc1cc2ccccc2nc1-c1ccc(-n2c3ccccc3c3c4ccccc4c4c(oc5ccc6ccccc6c54)c32)cc1. The third-order valence-electron chi connectivity index (χ3n) is 9.21. The van der Waals surface area contributed by atoms with Crippen LogP contribution in [0.1, 0.15) is 0 Å². The highest BCUT2D eigenvalue weighted by Crippen LogP contribution is 2.47. The maximum absolute atomic E-state index is 6.88. The average molecular weight is 595 g/mol. The van der Waals surface area contributed by atoms with Crippen LogP contribution in [0.25, 0.3) is 93.1 Å². The molecule has 0 spiro atoms. The molecule has 0 fully saturated rings. The number of halogens is 1. The Kier molecular flexibility index (Phi) is 5.05. The number of fused-ring (bicyclic) bond motifs is 13. The Balaban J connectivity index is 1.32. The van der Waals surface area contributed by atoms with Crippen molar-refractivity contribution in [3.8, 4) is 16.9 Å². The smallest absolute Gasteiger partial charge is 0.160 e. The van der Waals surface area contributed by atoms with Gasteiger partial charge < -0.3 is 8.98 Å². The van der Waals surface area contributed by atoms with Crippen molar-refractivity contribution < 1.29 is 4.42 Å². The van der Waals surface area contributed by atoms with Gasteiger partial charge in [0, 0.05) is 38.2 Å². The molecule has 0 unspecified atom stereocenters. The van der Waals surface area contributed by atoms with Gasteiger partial charge >= 0.3 is 0 Å². The molecule has 0 aliphatic heterocycles. The minimum Gasteiger partial charge on any atom is -0.454 e. The molecule has 10 aromatic rings. The van der Waals surface area contributed by atoms with E-state index in [1.54, 1.807) is 0 Å². The highest BCUT2D eigenvalue weighted by Gasteiger charge is 2.23. The number of pyridine rings is 1. The van der Waals surface area contributed by atoms with E-state index in [-0.39, 0.29) is 0 Å². The molecule has 4 heteroatoms. The molecule has 10 rings (SSSR count). The van der Waals surface area contributed by atoms with Crippen LogP contribution in [-0.2, 0) is 0 Å². The molecule has 0 amide bonds. The minimum absolute atomic E-state index is 0.640. The fourth-order valence-electron chi connectivity index (χ4n) is 7.27. The van der Waals surface area contributed by atoms with Gasteiger partial charge in [-0.3, -0.25) is 0 Å². The lowest BCUT2D eigenvalue weighted by molar-refractivity contribution is 0.671. The van der Waals surface area contributed by atoms with Gasteiger partial charge in [0.05, 0.1) is 27.3 Å². The molecule has 0 radical (unpaired) electrons. The predicted molar refractivity (Wildman–Crippen MR) is 189 cm³/mol. The number of para-hydroxylation sites is 2. The quantitative estimate of drug-likeness (QED) is 0.199. The van der Waals surface area contributed by atoms with E-state index in [9.17, 15) is 0 Å². The van der Waals surface area contributed by atoms with Gasteiger partial charge in [0.15, 0.2) is 5.58 Å². The topological polar surface area (TPSA) is 31.0 Å². The molecule has 7 aromatic carbocycles. The largest absolute Gasteiger partial charge is 0.454 e. The van der Waals surface area contributed by atoms with Crippen molar-refractivity contribution in [1.29, 1.82) is 0 Å². The summed E-state index contributed by atoms with van der Waals surface area (Å²) in [7, 11) is 0. The first-order valence-electron chi connectivity index (χ1n) is 15.1. The average Bonchev–Trinajstić information content (AvgIpc) is 3.65. The van der Waals surface area contributed by atoms with Crippen molar-refractivity contribution in [3.05, 3.63) is 145 Å². The zero-order chi connectivity index (χ0) is 29.6. The zero-order valence-electron chi connectivity index (χ0n) is 24.0. The molecule has 0 saturated carbocycles. The summed E-state index contributed by atoms with van der Waals surface area (Å²) in [5.74, 6) is 0. The van der Waals surface area contributed by atoms with E-state index < -0.39 is 0 Å². The maximum atomic E-state index is 6.88. The molecule has 210 valence electrons. The van der Waals surface area contributed by atoms with Crippen LogP contribution in [0.3, 0.4) is 0 Å². The van der Waals surface area contributed by atoms with E-state index in [1.807, 2.05) is 30.3 Å². The second-order valence-corrected chi connectivity index (χ2v) is 12.1. The van der Waals surface area contributed by atoms with Crippen molar-refractivity contribution in [1.82, 2.24) is 9.55 Å². The van der Waals surface area contributed by atoms with Crippen molar-refractivity contribution in [2.24, 2.45) is 0 Å². The number of hydrogen-bond donors (Lipinski definition) is 0. The van der Waals surface area contributed by atoms with Gasteiger partial charge in [0.2, 0.25) is 0 Å². The van der Waals surface area contributed by atoms with Gasteiger partial charge in [0.25, 0.3) is 0 Å². The van der Waals surface area contributed by atoms with Crippen LogP contribution in [0.5, 0.6) is 0 Å². The Morgan fingerprint density at radius 3 is 2.04 bits per heavy atom.